The Morgan fingerprint density at radius 3 is 2.94 bits per heavy atom. The van der Waals surface area contributed by atoms with E-state index in [1.807, 2.05) is 42.6 Å². The minimum atomic E-state index is -1.03. The molecular weight excluding hydrogens is 432 g/mol. The lowest BCUT2D eigenvalue weighted by Crippen LogP contribution is -2.47. The topological polar surface area (TPSA) is 82.6 Å². The largest absolute Gasteiger partial charge is 0.335 e. The maximum Gasteiger partial charge on any atom is 0.325 e. The van der Waals surface area contributed by atoms with Gasteiger partial charge in [-0.1, -0.05) is 12.1 Å². The number of nitrogens with zero attached hydrogens (tertiary/aromatic N) is 3. The zero-order chi connectivity index (χ0) is 21.8. The molecule has 1 aromatic carbocycles. The molecule has 3 aromatic rings. The predicted molar refractivity (Wildman–Crippen MR) is 120 cm³/mol. The van der Waals surface area contributed by atoms with E-state index in [1.165, 1.54) is 0 Å². The lowest BCUT2D eigenvalue weighted by Gasteiger charge is -2.31. The third-order valence-corrected chi connectivity index (χ3v) is 8.46. The summed E-state index contributed by atoms with van der Waals surface area (Å²) >= 11 is 3.15. The Hall–Kier alpha value is -2.78. The van der Waals surface area contributed by atoms with Crippen LogP contribution in [0.5, 0.6) is 0 Å². The first-order valence-corrected chi connectivity index (χ1v) is 11.9. The van der Waals surface area contributed by atoms with Crippen molar-refractivity contribution in [2.24, 2.45) is 0 Å². The van der Waals surface area contributed by atoms with Crippen LogP contribution in [0.3, 0.4) is 0 Å². The maximum atomic E-state index is 13.3. The minimum Gasteiger partial charge on any atom is -0.335 e. The maximum absolute atomic E-state index is 13.3. The molecule has 9 heteroatoms. The Balaban J connectivity index is 1.34. The van der Waals surface area contributed by atoms with E-state index >= 15 is 0 Å². The first-order valence-electron chi connectivity index (χ1n) is 10.2. The number of carbonyl (C=O) groups is 3. The number of benzene rings is 1. The van der Waals surface area contributed by atoms with Crippen molar-refractivity contribution in [3.8, 4) is 0 Å². The average Bonchev–Trinajstić information content (AvgIpc) is 3.47. The van der Waals surface area contributed by atoms with Crippen molar-refractivity contribution in [3.63, 3.8) is 0 Å². The summed E-state index contributed by atoms with van der Waals surface area (Å²) in [4.78, 5) is 47.5. The number of amides is 4. The number of hydrogen-bond donors (Lipinski definition) is 1. The Labute approximate surface area is 187 Å². The van der Waals surface area contributed by atoms with Gasteiger partial charge in [-0.3, -0.25) is 14.5 Å². The molecule has 2 atom stereocenters. The van der Waals surface area contributed by atoms with Gasteiger partial charge >= 0.3 is 6.03 Å². The molecule has 2 unspecified atom stereocenters. The van der Waals surface area contributed by atoms with Gasteiger partial charge in [0, 0.05) is 17.5 Å². The van der Waals surface area contributed by atoms with Crippen LogP contribution < -0.4 is 5.32 Å². The van der Waals surface area contributed by atoms with E-state index in [9.17, 15) is 14.4 Å². The predicted octanol–water partition coefficient (Wildman–Crippen LogP) is 3.66. The summed E-state index contributed by atoms with van der Waals surface area (Å²) in [6.45, 7) is 1.62. The van der Waals surface area contributed by atoms with Crippen molar-refractivity contribution in [2.75, 3.05) is 13.6 Å². The number of para-hydroxylation sites is 1. The molecule has 1 saturated heterocycles. The number of aryl methyl sites for hydroxylation is 1. The zero-order valence-electron chi connectivity index (χ0n) is 17.3. The lowest BCUT2D eigenvalue weighted by molar-refractivity contribution is -0.139. The summed E-state index contributed by atoms with van der Waals surface area (Å²) in [6.07, 6.45) is 2.30. The molecule has 3 heterocycles. The van der Waals surface area contributed by atoms with Gasteiger partial charge in [0.2, 0.25) is 5.91 Å². The molecule has 1 fully saturated rings. The van der Waals surface area contributed by atoms with E-state index in [1.54, 1.807) is 34.6 Å². The summed E-state index contributed by atoms with van der Waals surface area (Å²) in [5.74, 6) is -0.625. The van der Waals surface area contributed by atoms with E-state index in [-0.39, 0.29) is 24.4 Å². The minimum absolute atomic E-state index is 0.266. The highest BCUT2D eigenvalue weighted by atomic mass is 32.1. The average molecular weight is 455 g/mol. The van der Waals surface area contributed by atoms with Crippen molar-refractivity contribution in [1.82, 2.24) is 20.1 Å². The normalized spacial score (nSPS) is 21.4. The SMILES string of the molecule is CC(c1nc2ccccc2s1)N(C)C(=O)CN1C(=O)NC2(CCCc3sccc32)C1=O. The summed E-state index contributed by atoms with van der Waals surface area (Å²) in [5, 5.41) is 5.67. The van der Waals surface area contributed by atoms with Crippen molar-refractivity contribution in [1.29, 1.82) is 0 Å². The van der Waals surface area contributed by atoms with Crippen molar-refractivity contribution in [3.05, 3.63) is 51.2 Å². The van der Waals surface area contributed by atoms with Crippen LogP contribution in [0.1, 0.15) is 41.3 Å². The van der Waals surface area contributed by atoms with Crippen molar-refractivity contribution in [2.45, 2.75) is 37.8 Å². The van der Waals surface area contributed by atoms with Gasteiger partial charge in [0.25, 0.3) is 5.91 Å². The summed E-state index contributed by atoms with van der Waals surface area (Å²) in [5.41, 5.74) is 0.755. The molecular formula is C22H22N4O3S2. The lowest BCUT2D eigenvalue weighted by atomic mass is 9.80. The highest BCUT2D eigenvalue weighted by molar-refractivity contribution is 7.18. The van der Waals surface area contributed by atoms with E-state index in [0.717, 1.165) is 43.4 Å². The summed E-state index contributed by atoms with van der Waals surface area (Å²) in [6, 6.07) is 8.99. The molecule has 2 aliphatic rings. The molecule has 5 rings (SSSR count). The molecule has 0 radical (unpaired) electrons. The van der Waals surface area contributed by atoms with Gasteiger partial charge in [0.15, 0.2) is 0 Å². The van der Waals surface area contributed by atoms with Gasteiger partial charge < -0.3 is 10.2 Å². The van der Waals surface area contributed by atoms with Gasteiger partial charge in [-0.05, 0) is 49.8 Å². The zero-order valence-corrected chi connectivity index (χ0v) is 18.9. The van der Waals surface area contributed by atoms with Crippen LogP contribution in [-0.4, -0.2) is 46.2 Å². The molecule has 0 saturated carbocycles. The summed E-state index contributed by atoms with van der Waals surface area (Å²) in [7, 11) is 1.69. The number of carbonyl (C=O) groups excluding carboxylic acids is 3. The van der Waals surface area contributed by atoms with Gasteiger partial charge in [0.05, 0.1) is 16.3 Å². The Kier molecular flexibility index (Phi) is 4.82. The Morgan fingerprint density at radius 1 is 1.32 bits per heavy atom. The van der Waals surface area contributed by atoms with E-state index < -0.39 is 11.6 Å². The molecule has 4 amide bonds. The molecule has 160 valence electrons. The number of rotatable bonds is 4. The van der Waals surface area contributed by atoms with Gasteiger partial charge in [-0.15, -0.1) is 22.7 Å². The fraction of sp³-hybridized carbons (Fsp3) is 0.364. The second-order valence-corrected chi connectivity index (χ2v) is 10.1. The molecule has 0 bridgehead atoms. The number of aromatic nitrogens is 1. The van der Waals surface area contributed by atoms with Crippen molar-refractivity contribution >= 4 is 50.7 Å². The van der Waals surface area contributed by atoms with Crippen LogP contribution in [0, 0.1) is 0 Å². The smallest absolute Gasteiger partial charge is 0.325 e. The van der Waals surface area contributed by atoms with Crippen LogP contribution in [0.15, 0.2) is 35.7 Å². The van der Waals surface area contributed by atoms with Crippen molar-refractivity contribution < 1.29 is 14.4 Å². The van der Waals surface area contributed by atoms with E-state index in [0.29, 0.717) is 6.42 Å². The number of nitrogens with one attached hydrogen (secondary N) is 1. The van der Waals surface area contributed by atoms with Gasteiger partial charge in [-0.25, -0.2) is 9.78 Å². The monoisotopic (exact) mass is 454 g/mol. The highest BCUT2D eigenvalue weighted by Gasteiger charge is 2.54. The van der Waals surface area contributed by atoms with Gasteiger partial charge in [-0.2, -0.15) is 0 Å². The summed E-state index contributed by atoms with van der Waals surface area (Å²) < 4.78 is 1.06. The van der Waals surface area contributed by atoms with Crippen LogP contribution in [0.25, 0.3) is 10.2 Å². The molecule has 1 spiro atoms. The fourth-order valence-electron chi connectivity index (χ4n) is 4.38. The molecule has 1 N–H and O–H groups in total. The van der Waals surface area contributed by atoms with Crippen LogP contribution >= 0.6 is 22.7 Å². The number of fused-ring (bicyclic) bond motifs is 3. The van der Waals surface area contributed by atoms with Crippen LogP contribution in [-0.2, 0) is 21.5 Å². The molecule has 31 heavy (non-hydrogen) atoms. The number of imide groups is 1. The number of thiazole rings is 1. The standard InChI is InChI=1S/C22H22N4O3S2/c1-13(19-23-15-6-3-4-7-17(15)31-19)25(2)18(27)12-26-20(28)22(24-21(26)29)10-5-8-16-14(22)9-11-30-16/h3-4,6-7,9,11,13H,5,8,10,12H2,1-2H3,(H,24,29). The Morgan fingerprint density at radius 2 is 2.13 bits per heavy atom. The molecule has 7 nitrogen and oxygen atoms in total. The van der Waals surface area contributed by atoms with E-state index in [2.05, 4.69) is 10.3 Å². The van der Waals surface area contributed by atoms with Gasteiger partial charge in [0.1, 0.15) is 17.1 Å². The highest BCUT2D eigenvalue weighted by Crippen LogP contribution is 2.42. The van der Waals surface area contributed by atoms with E-state index in [4.69, 9.17) is 0 Å². The van der Waals surface area contributed by atoms with Crippen LogP contribution in [0.2, 0.25) is 0 Å². The second kappa shape index (κ2) is 7.42. The quantitative estimate of drug-likeness (QED) is 0.610. The first-order chi connectivity index (χ1) is 14.9. The second-order valence-electron chi connectivity index (χ2n) is 8.04. The molecule has 1 aliphatic carbocycles. The first kappa shape index (κ1) is 20.1. The number of thiophene rings is 1. The molecule has 1 aliphatic heterocycles. The Bertz CT molecular complexity index is 1170. The number of likely N-dealkylation sites (N-methyl/N-ethyl adjacent to an activating group) is 1. The number of urea groups is 1. The third kappa shape index (κ3) is 3.14. The molecule has 2 aromatic heterocycles. The third-order valence-electron chi connectivity index (χ3n) is 6.27. The fourth-order valence-corrected chi connectivity index (χ4v) is 6.44. The number of hydrogen-bond acceptors (Lipinski definition) is 6. The van der Waals surface area contributed by atoms with Crippen LogP contribution in [0.4, 0.5) is 4.79 Å².